The highest BCUT2D eigenvalue weighted by atomic mass is 16.5. The average molecular weight is 274 g/mol. The maximum absolute atomic E-state index is 11.9. The molecule has 0 heterocycles. The monoisotopic (exact) mass is 274 g/mol. The Bertz CT molecular complexity index is 257. The molecule has 0 saturated heterocycles. The number of rotatable bonds is 9. The van der Waals surface area contributed by atoms with E-state index in [4.69, 9.17) is 4.74 Å². The van der Waals surface area contributed by atoms with Crippen LogP contribution in [-0.2, 0) is 9.53 Å². The topological polar surface area (TPSA) is 66.8 Å². The summed E-state index contributed by atoms with van der Waals surface area (Å²) >= 11 is 0. The number of aliphatic hydroxyl groups excluding tert-OH is 2. The quantitative estimate of drug-likeness (QED) is 0.633. The minimum absolute atomic E-state index is 0.0973. The third kappa shape index (κ3) is 6.92. The van der Waals surface area contributed by atoms with E-state index in [1.165, 1.54) is 0 Å². The molecule has 0 aromatic carbocycles. The minimum Gasteiger partial charge on any atom is -0.465 e. The second-order valence-electron chi connectivity index (χ2n) is 6.53. The van der Waals surface area contributed by atoms with Gasteiger partial charge in [0.2, 0.25) is 0 Å². The van der Waals surface area contributed by atoms with Crippen LogP contribution in [-0.4, -0.2) is 36.0 Å². The molecule has 4 heteroatoms. The summed E-state index contributed by atoms with van der Waals surface area (Å²) in [7, 11) is 0. The lowest BCUT2D eigenvalue weighted by atomic mass is 9.80. The van der Waals surface area contributed by atoms with Gasteiger partial charge < -0.3 is 14.9 Å². The molecule has 0 bridgehead atoms. The van der Waals surface area contributed by atoms with Crippen LogP contribution >= 0.6 is 0 Å². The predicted octanol–water partition coefficient (Wildman–Crippen LogP) is 2.23. The molecule has 4 nitrogen and oxygen atoms in total. The molecule has 0 fully saturated rings. The van der Waals surface area contributed by atoms with Crippen molar-refractivity contribution in [1.29, 1.82) is 0 Å². The number of aliphatic hydroxyl groups is 2. The zero-order chi connectivity index (χ0) is 15.1. The number of hydrogen-bond acceptors (Lipinski definition) is 4. The van der Waals surface area contributed by atoms with E-state index >= 15 is 0 Å². The Balaban J connectivity index is 4.20. The summed E-state index contributed by atoms with van der Waals surface area (Å²) in [5.74, 6) is 0.0226. The lowest BCUT2D eigenvalue weighted by Gasteiger charge is -2.31. The van der Waals surface area contributed by atoms with Crippen molar-refractivity contribution in [2.24, 2.45) is 23.2 Å². The molecule has 0 aliphatic rings. The molecular weight excluding hydrogens is 244 g/mol. The predicted molar refractivity (Wildman–Crippen MR) is 75.6 cm³/mol. The summed E-state index contributed by atoms with van der Waals surface area (Å²) in [5, 5.41) is 18.4. The summed E-state index contributed by atoms with van der Waals surface area (Å²) in [6.45, 7) is 9.93. The van der Waals surface area contributed by atoms with Crippen LogP contribution in [0.3, 0.4) is 0 Å². The van der Waals surface area contributed by atoms with Gasteiger partial charge in [-0.2, -0.15) is 0 Å². The highest BCUT2D eigenvalue weighted by Gasteiger charge is 2.30. The molecule has 2 N–H and O–H groups in total. The maximum atomic E-state index is 11.9. The van der Waals surface area contributed by atoms with Crippen molar-refractivity contribution in [2.45, 2.75) is 47.5 Å². The Labute approximate surface area is 117 Å². The van der Waals surface area contributed by atoms with Gasteiger partial charge in [0.25, 0.3) is 0 Å². The number of esters is 1. The number of carbonyl (C=O) groups is 1. The summed E-state index contributed by atoms with van der Waals surface area (Å²) in [6, 6.07) is 0. The van der Waals surface area contributed by atoms with E-state index in [1.807, 2.05) is 20.8 Å². The first-order chi connectivity index (χ1) is 8.74. The minimum atomic E-state index is -0.420. The van der Waals surface area contributed by atoms with E-state index in [2.05, 4.69) is 13.8 Å². The molecule has 1 atom stereocenters. The maximum Gasteiger partial charge on any atom is 0.308 e. The van der Waals surface area contributed by atoms with E-state index in [-0.39, 0.29) is 37.6 Å². The van der Waals surface area contributed by atoms with Crippen LogP contribution in [0.25, 0.3) is 0 Å². The van der Waals surface area contributed by atoms with E-state index in [1.54, 1.807) is 0 Å². The SMILES string of the molecule is CC(C)CCC(C)C(=O)OCC(C)(C)C(CO)CO. The molecule has 0 rings (SSSR count). The first-order valence-electron chi connectivity index (χ1n) is 7.13. The summed E-state index contributed by atoms with van der Waals surface area (Å²) in [5.41, 5.74) is -0.420. The van der Waals surface area contributed by atoms with Crippen LogP contribution in [0.15, 0.2) is 0 Å². The molecule has 0 amide bonds. The third-order valence-corrected chi connectivity index (χ3v) is 3.71. The van der Waals surface area contributed by atoms with E-state index < -0.39 is 5.41 Å². The van der Waals surface area contributed by atoms with Crippen LogP contribution in [0.2, 0.25) is 0 Å². The molecule has 0 radical (unpaired) electrons. The van der Waals surface area contributed by atoms with E-state index in [9.17, 15) is 15.0 Å². The zero-order valence-electron chi connectivity index (χ0n) is 13.0. The van der Waals surface area contributed by atoms with Crippen molar-refractivity contribution in [1.82, 2.24) is 0 Å². The normalized spacial score (nSPS) is 13.9. The van der Waals surface area contributed by atoms with Crippen molar-refractivity contribution in [3.63, 3.8) is 0 Å². The van der Waals surface area contributed by atoms with E-state index in [0.717, 1.165) is 12.8 Å². The first-order valence-corrected chi connectivity index (χ1v) is 7.13. The molecule has 1 unspecified atom stereocenters. The molecule has 114 valence electrons. The van der Waals surface area contributed by atoms with Gasteiger partial charge in [0.05, 0.1) is 12.5 Å². The van der Waals surface area contributed by atoms with Crippen LogP contribution in [0.5, 0.6) is 0 Å². The Morgan fingerprint density at radius 1 is 1.11 bits per heavy atom. The molecule has 0 spiro atoms. The van der Waals surface area contributed by atoms with E-state index in [0.29, 0.717) is 5.92 Å². The molecule has 0 saturated carbocycles. The van der Waals surface area contributed by atoms with Crippen LogP contribution in [0.4, 0.5) is 0 Å². The number of hydrogen-bond donors (Lipinski definition) is 2. The van der Waals surface area contributed by atoms with Crippen molar-refractivity contribution in [3.05, 3.63) is 0 Å². The van der Waals surface area contributed by atoms with Gasteiger partial charge in [-0.3, -0.25) is 4.79 Å². The summed E-state index contributed by atoms with van der Waals surface area (Å²) < 4.78 is 5.32. The van der Waals surface area contributed by atoms with Gasteiger partial charge in [0.15, 0.2) is 0 Å². The summed E-state index contributed by atoms with van der Waals surface area (Å²) in [4.78, 5) is 11.9. The van der Waals surface area contributed by atoms with Gasteiger partial charge in [-0.25, -0.2) is 0 Å². The fraction of sp³-hybridized carbons (Fsp3) is 0.933. The lowest BCUT2D eigenvalue weighted by molar-refractivity contribution is -0.153. The molecule has 0 aliphatic heterocycles. The second-order valence-corrected chi connectivity index (χ2v) is 6.53. The number of ether oxygens (including phenoxy) is 1. The average Bonchev–Trinajstić information content (AvgIpc) is 2.34. The largest absolute Gasteiger partial charge is 0.465 e. The summed E-state index contributed by atoms with van der Waals surface area (Å²) in [6.07, 6.45) is 1.84. The lowest BCUT2D eigenvalue weighted by Crippen LogP contribution is -2.35. The Morgan fingerprint density at radius 3 is 2.05 bits per heavy atom. The van der Waals surface area contributed by atoms with Gasteiger partial charge in [-0.05, 0) is 12.3 Å². The molecule has 0 aromatic heterocycles. The molecular formula is C15H30O4. The number of carbonyl (C=O) groups excluding carboxylic acids is 1. The Kier molecular flexibility index (Phi) is 8.26. The van der Waals surface area contributed by atoms with Gasteiger partial charge in [-0.15, -0.1) is 0 Å². The highest BCUT2D eigenvalue weighted by Crippen LogP contribution is 2.27. The second kappa shape index (κ2) is 8.54. The fourth-order valence-electron chi connectivity index (χ4n) is 1.77. The van der Waals surface area contributed by atoms with Crippen molar-refractivity contribution < 1.29 is 19.7 Å². The Morgan fingerprint density at radius 2 is 1.63 bits per heavy atom. The fourth-order valence-corrected chi connectivity index (χ4v) is 1.77. The van der Waals surface area contributed by atoms with Crippen LogP contribution in [0.1, 0.15) is 47.5 Å². The Hall–Kier alpha value is -0.610. The molecule has 0 aliphatic carbocycles. The van der Waals surface area contributed by atoms with Crippen molar-refractivity contribution in [3.8, 4) is 0 Å². The standard InChI is InChI=1S/C15H30O4/c1-11(2)6-7-12(3)14(18)19-10-15(4,5)13(8-16)9-17/h11-13,16-17H,6-10H2,1-5H3. The first kappa shape index (κ1) is 18.4. The van der Waals surface area contributed by atoms with Gasteiger partial charge >= 0.3 is 5.97 Å². The van der Waals surface area contributed by atoms with Gasteiger partial charge in [-0.1, -0.05) is 41.0 Å². The van der Waals surface area contributed by atoms with Crippen LogP contribution in [0, 0.1) is 23.2 Å². The zero-order valence-corrected chi connectivity index (χ0v) is 13.0. The molecule has 19 heavy (non-hydrogen) atoms. The van der Waals surface area contributed by atoms with Gasteiger partial charge in [0.1, 0.15) is 0 Å². The van der Waals surface area contributed by atoms with Crippen molar-refractivity contribution in [2.75, 3.05) is 19.8 Å². The molecule has 0 aromatic rings. The highest BCUT2D eigenvalue weighted by molar-refractivity contribution is 5.71. The van der Waals surface area contributed by atoms with Crippen molar-refractivity contribution >= 4 is 5.97 Å². The smallest absolute Gasteiger partial charge is 0.308 e. The van der Waals surface area contributed by atoms with Crippen LogP contribution < -0.4 is 0 Å². The van der Waals surface area contributed by atoms with Gasteiger partial charge in [0, 0.05) is 24.5 Å². The third-order valence-electron chi connectivity index (χ3n) is 3.71.